The third-order valence-corrected chi connectivity index (χ3v) is 5.51. The number of benzene rings is 2. The number of amides is 2. The van der Waals surface area contributed by atoms with Crippen molar-refractivity contribution in [2.24, 2.45) is 7.05 Å². The predicted octanol–water partition coefficient (Wildman–Crippen LogP) is 4.01. The van der Waals surface area contributed by atoms with E-state index >= 15 is 0 Å². The highest BCUT2D eigenvalue weighted by atomic mass is 35.5. The second-order valence-corrected chi connectivity index (χ2v) is 8.80. The molecular formula is C24H23ClF2N4O3. The molecule has 1 aromatic heterocycles. The number of nitrogens with zero attached hydrogens (tertiary/aromatic N) is 3. The van der Waals surface area contributed by atoms with E-state index in [2.05, 4.69) is 10.4 Å². The zero-order chi connectivity index (χ0) is 24.6. The van der Waals surface area contributed by atoms with Crippen LogP contribution in [0.3, 0.4) is 0 Å². The molecule has 0 radical (unpaired) electrons. The van der Waals surface area contributed by atoms with Gasteiger partial charge in [-0.15, -0.1) is 0 Å². The van der Waals surface area contributed by atoms with E-state index in [4.69, 9.17) is 16.3 Å². The number of carbonyl (C=O) groups is 2. The van der Waals surface area contributed by atoms with Crippen molar-refractivity contribution in [3.05, 3.63) is 64.2 Å². The molecule has 0 spiro atoms. The number of halogens is 3. The maximum atomic E-state index is 13.7. The van der Waals surface area contributed by atoms with E-state index < -0.39 is 23.4 Å². The van der Waals surface area contributed by atoms with Crippen molar-refractivity contribution in [1.29, 1.82) is 0 Å². The van der Waals surface area contributed by atoms with Gasteiger partial charge in [0.1, 0.15) is 30.5 Å². The average molecular weight is 489 g/mol. The molecule has 0 fully saturated rings. The second-order valence-electron chi connectivity index (χ2n) is 8.36. The predicted molar refractivity (Wildman–Crippen MR) is 124 cm³/mol. The maximum Gasteiger partial charge on any atom is 0.240 e. The van der Waals surface area contributed by atoms with E-state index in [1.807, 2.05) is 0 Å². The first kappa shape index (κ1) is 23.7. The summed E-state index contributed by atoms with van der Waals surface area (Å²) < 4.78 is 34.8. The van der Waals surface area contributed by atoms with Crippen molar-refractivity contribution in [3.63, 3.8) is 0 Å². The number of ether oxygens (including phenoxy) is 1. The number of aromatic nitrogens is 2. The van der Waals surface area contributed by atoms with Crippen LogP contribution in [-0.2, 0) is 29.7 Å². The lowest BCUT2D eigenvalue weighted by Crippen LogP contribution is -2.44. The highest BCUT2D eigenvalue weighted by Crippen LogP contribution is 2.42. The Hall–Kier alpha value is -3.46. The lowest BCUT2D eigenvalue weighted by molar-refractivity contribution is -0.124. The average Bonchev–Trinajstić information content (AvgIpc) is 3.07. The van der Waals surface area contributed by atoms with Crippen molar-refractivity contribution in [1.82, 2.24) is 15.1 Å². The summed E-state index contributed by atoms with van der Waals surface area (Å²) in [4.78, 5) is 27.2. The van der Waals surface area contributed by atoms with E-state index in [-0.39, 0.29) is 37.0 Å². The first-order valence-corrected chi connectivity index (χ1v) is 11.0. The van der Waals surface area contributed by atoms with E-state index in [0.717, 1.165) is 18.2 Å². The molecule has 178 valence electrons. The summed E-state index contributed by atoms with van der Waals surface area (Å²) >= 11 is 6.18. The van der Waals surface area contributed by atoms with Crippen LogP contribution in [0, 0.1) is 11.6 Å². The highest BCUT2D eigenvalue weighted by Gasteiger charge is 2.31. The Morgan fingerprint density at radius 2 is 1.91 bits per heavy atom. The summed E-state index contributed by atoms with van der Waals surface area (Å²) in [6.07, 6.45) is -0.321. The Balaban J connectivity index is 1.75. The fourth-order valence-electron chi connectivity index (χ4n) is 3.98. The van der Waals surface area contributed by atoms with Gasteiger partial charge in [-0.1, -0.05) is 11.6 Å². The van der Waals surface area contributed by atoms with Gasteiger partial charge < -0.3 is 10.1 Å². The standard InChI is InChI=1S/C24H23ClF2N4O3/c1-13(2)28-21(32)11-31(22(33)8-14-6-16(26)10-17(27)7-14)24-19-12-34-20-5-4-15(25)9-18(20)23(19)30(3)29-24/h4-7,9-10,13H,8,11-12H2,1-3H3,(H,28,32). The summed E-state index contributed by atoms with van der Waals surface area (Å²) in [7, 11) is 1.72. The second kappa shape index (κ2) is 9.42. The van der Waals surface area contributed by atoms with Crippen molar-refractivity contribution >= 4 is 29.2 Å². The van der Waals surface area contributed by atoms with Gasteiger partial charge in [-0.05, 0) is 49.7 Å². The molecule has 2 heterocycles. The fraction of sp³-hybridized carbons (Fsp3) is 0.292. The molecule has 1 N–H and O–H groups in total. The maximum absolute atomic E-state index is 13.7. The van der Waals surface area contributed by atoms with Gasteiger partial charge in [0.2, 0.25) is 11.8 Å². The fourth-order valence-corrected chi connectivity index (χ4v) is 4.15. The van der Waals surface area contributed by atoms with Gasteiger partial charge >= 0.3 is 0 Å². The molecule has 0 aliphatic carbocycles. The van der Waals surface area contributed by atoms with E-state index in [1.165, 1.54) is 4.90 Å². The molecule has 10 heteroatoms. The van der Waals surface area contributed by atoms with Gasteiger partial charge in [0, 0.05) is 29.7 Å². The van der Waals surface area contributed by atoms with E-state index in [1.54, 1.807) is 43.8 Å². The van der Waals surface area contributed by atoms with Crippen molar-refractivity contribution < 1.29 is 23.1 Å². The molecule has 7 nitrogen and oxygen atoms in total. The Bertz CT molecular complexity index is 1260. The molecule has 0 saturated carbocycles. The lowest BCUT2D eigenvalue weighted by atomic mass is 10.0. The Morgan fingerprint density at radius 1 is 1.21 bits per heavy atom. The highest BCUT2D eigenvalue weighted by molar-refractivity contribution is 6.31. The normalized spacial score (nSPS) is 12.1. The topological polar surface area (TPSA) is 76.5 Å². The van der Waals surface area contributed by atoms with Crippen LogP contribution in [0.4, 0.5) is 14.6 Å². The van der Waals surface area contributed by atoms with Crippen molar-refractivity contribution in [2.75, 3.05) is 11.4 Å². The van der Waals surface area contributed by atoms with Crippen LogP contribution in [0.2, 0.25) is 5.02 Å². The number of aryl methyl sites for hydroxylation is 1. The molecule has 2 aromatic carbocycles. The van der Waals surface area contributed by atoms with Gasteiger partial charge in [-0.2, -0.15) is 5.10 Å². The molecule has 0 unspecified atom stereocenters. The number of carbonyl (C=O) groups excluding carboxylic acids is 2. The van der Waals surface area contributed by atoms with Crippen molar-refractivity contribution in [3.8, 4) is 17.0 Å². The molecule has 0 bridgehead atoms. The Morgan fingerprint density at radius 3 is 2.59 bits per heavy atom. The van der Waals surface area contributed by atoms with Crippen LogP contribution in [-0.4, -0.2) is 34.2 Å². The van der Waals surface area contributed by atoms with Gasteiger partial charge in [0.15, 0.2) is 5.82 Å². The molecule has 2 amide bonds. The number of rotatable bonds is 6. The number of anilines is 1. The third kappa shape index (κ3) is 4.89. The van der Waals surface area contributed by atoms with Crippen LogP contribution in [0.5, 0.6) is 5.75 Å². The number of hydrogen-bond donors (Lipinski definition) is 1. The molecule has 0 atom stereocenters. The summed E-state index contributed by atoms with van der Waals surface area (Å²) in [6, 6.07) is 7.98. The number of nitrogens with one attached hydrogen (secondary N) is 1. The lowest BCUT2D eigenvalue weighted by Gasteiger charge is -2.24. The summed E-state index contributed by atoms with van der Waals surface area (Å²) in [5.41, 5.74) is 2.17. The van der Waals surface area contributed by atoms with Gasteiger partial charge in [0.05, 0.1) is 17.7 Å². The van der Waals surface area contributed by atoms with Crippen LogP contribution >= 0.6 is 11.6 Å². The number of fused-ring (bicyclic) bond motifs is 3. The first-order valence-electron chi connectivity index (χ1n) is 10.7. The quantitative estimate of drug-likeness (QED) is 0.569. The smallest absolute Gasteiger partial charge is 0.240 e. The van der Waals surface area contributed by atoms with Crippen LogP contribution < -0.4 is 15.0 Å². The molecular weight excluding hydrogens is 466 g/mol. The minimum atomic E-state index is -0.788. The molecule has 4 rings (SSSR count). The van der Waals surface area contributed by atoms with Crippen molar-refractivity contribution in [2.45, 2.75) is 32.9 Å². The molecule has 1 aliphatic rings. The Kier molecular flexibility index (Phi) is 6.56. The van der Waals surface area contributed by atoms with Crippen LogP contribution in [0.25, 0.3) is 11.3 Å². The van der Waals surface area contributed by atoms with Crippen LogP contribution in [0.15, 0.2) is 36.4 Å². The summed E-state index contributed by atoms with van der Waals surface area (Å²) in [5.74, 6) is -1.65. The molecule has 34 heavy (non-hydrogen) atoms. The minimum Gasteiger partial charge on any atom is -0.488 e. The van der Waals surface area contributed by atoms with Gasteiger partial charge in [-0.25, -0.2) is 8.78 Å². The monoisotopic (exact) mass is 488 g/mol. The van der Waals surface area contributed by atoms with Gasteiger partial charge in [0.25, 0.3) is 0 Å². The first-order chi connectivity index (χ1) is 16.1. The zero-order valence-corrected chi connectivity index (χ0v) is 19.6. The van der Waals surface area contributed by atoms with E-state index in [0.29, 0.717) is 27.6 Å². The molecule has 0 saturated heterocycles. The largest absolute Gasteiger partial charge is 0.488 e. The third-order valence-electron chi connectivity index (χ3n) is 5.28. The zero-order valence-electron chi connectivity index (χ0n) is 18.9. The number of hydrogen-bond acceptors (Lipinski definition) is 4. The summed E-state index contributed by atoms with van der Waals surface area (Å²) in [5, 5.41) is 7.79. The molecule has 1 aliphatic heterocycles. The van der Waals surface area contributed by atoms with Gasteiger partial charge in [-0.3, -0.25) is 19.2 Å². The van der Waals surface area contributed by atoms with E-state index in [9.17, 15) is 18.4 Å². The van der Waals surface area contributed by atoms with Crippen LogP contribution in [0.1, 0.15) is 25.0 Å². The molecule has 3 aromatic rings. The summed E-state index contributed by atoms with van der Waals surface area (Å²) in [6.45, 7) is 3.41. The minimum absolute atomic E-state index is 0.122. The Labute approximate surface area is 200 Å². The SMILES string of the molecule is CC(C)NC(=O)CN(C(=O)Cc1cc(F)cc(F)c1)c1nn(C)c2c1COc1ccc(Cl)cc1-2.